The molecule has 9 rings (SSSR count). The first-order chi connectivity index (χ1) is 57.8. The molecule has 0 aliphatic carbocycles. The Kier molecular flexibility index (Phi) is 51.9. The first kappa shape index (κ1) is 105. The second kappa shape index (κ2) is 59.6. The zero-order valence-corrected chi connectivity index (χ0v) is 74.5. The number of esters is 4. The number of amides is 6. The van der Waals surface area contributed by atoms with Crippen LogP contribution in [0.4, 0.5) is 0 Å². The number of aliphatic hydroxyl groups excluding tert-OH is 2. The van der Waals surface area contributed by atoms with Gasteiger partial charge in [0.2, 0.25) is 40.7 Å². The van der Waals surface area contributed by atoms with Crippen LogP contribution in [-0.4, -0.2) is 205 Å². The van der Waals surface area contributed by atoms with E-state index in [2.05, 4.69) is 54.3 Å². The highest BCUT2D eigenvalue weighted by Crippen LogP contribution is 2.30. The number of alkyl halides is 3. The third-order valence-electron chi connectivity index (χ3n) is 20.5. The molecule has 672 valence electrons. The summed E-state index contributed by atoms with van der Waals surface area (Å²) in [6, 6.07) is 38.1. The lowest BCUT2D eigenvalue weighted by Gasteiger charge is -2.31. The molecule has 5 heterocycles. The smallest absolute Gasteiger partial charge is 0.306 e. The Morgan fingerprint density at radius 2 is 0.810 bits per heavy atom. The van der Waals surface area contributed by atoms with Crippen molar-refractivity contribution in [3.63, 3.8) is 0 Å². The highest BCUT2D eigenvalue weighted by Gasteiger charge is 2.37. The molecule has 0 radical (unpaired) electrons. The molecule has 27 nitrogen and oxygen atoms in total. The number of Topliss-reactive ketones (excluding diaryl/α,β-unsaturated/α-hetero) is 1. The maximum atomic E-state index is 13.0. The Morgan fingerprint density at radius 3 is 1.14 bits per heavy atom. The number of carbonyl (C=O) groups is 12. The molecule has 0 spiro atoms. The monoisotopic (exact) mass is 1770 g/mol. The van der Waals surface area contributed by atoms with Crippen molar-refractivity contribution in [2.45, 2.75) is 177 Å². The molecule has 5 saturated heterocycles. The van der Waals surface area contributed by atoms with Crippen molar-refractivity contribution in [1.29, 1.82) is 0 Å². The van der Waals surface area contributed by atoms with E-state index in [0.717, 1.165) is 67.6 Å². The van der Waals surface area contributed by atoms with Crippen molar-refractivity contribution in [1.82, 2.24) is 36.4 Å². The van der Waals surface area contributed by atoms with E-state index in [0.29, 0.717) is 89.2 Å². The number of nitrogens with two attached hydrogens (primary N) is 1. The average Bonchev–Trinajstić information content (AvgIpc) is 1.80. The van der Waals surface area contributed by atoms with Crippen LogP contribution in [0.1, 0.15) is 155 Å². The van der Waals surface area contributed by atoms with Gasteiger partial charge in [0.1, 0.15) is 38.2 Å². The lowest BCUT2D eigenvalue weighted by molar-refractivity contribution is -0.149. The van der Waals surface area contributed by atoms with E-state index >= 15 is 0 Å². The van der Waals surface area contributed by atoms with Crippen LogP contribution in [0.15, 0.2) is 121 Å². The molecule has 6 amide bonds. The van der Waals surface area contributed by atoms with Crippen LogP contribution < -0.4 is 32.3 Å². The summed E-state index contributed by atoms with van der Waals surface area (Å²) in [6.45, 7) is 22.5. The van der Waals surface area contributed by atoms with Crippen molar-refractivity contribution in [2.24, 2.45) is 76.7 Å². The van der Waals surface area contributed by atoms with Crippen LogP contribution in [0, 0.1) is 71.0 Å². The topological polar surface area (TPSA) is 387 Å². The summed E-state index contributed by atoms with van der Waals surface area (Å²) in [5.41, 5.74) is 9.00. The van der Waals surface area contributed by atoms with Crippen molar-refractivity contribution in [2.75, 3.05) is 96.2 Å². The van der Waals surface area contributed by atoms with E-state index in [4.69, 9.17) is 75.8 Å². The highest BCUT2D eigenvalue weighted by molar-refractivity contribution is 6.67. The number of rotatable bonds is 44. The zero-order chi connectivity index (χ0) is 89.2. The van der Waals surface area contributed by atoms with Crippen LogP contribution in [0.5, 0.6) is 0 Å². The van der Waals surface area contributed by atoms with E-state index in [1.54, 1.807) is 0 Å². The number of hydrogen-bond donors (Lipinski definition) is 8. The van der Waals surface area contributed by atoms with Gasteiger partial charge < -0.3 is 76.0 Å². The standard InChI is InChI=1S/C23H33ClN2O5.C23H31ClN2O5.C21H32N2O4.C16H22O3.C5H10N2O.C2H2Cl2O/c2*1-16(2)10-19(11-22(29)31-15-17-6-4-3-5-7-17)20(27)14-26(21(28)12-24)13-18-8-9-25-23(18)30;1-15(2)10-18(11-20(25)27-14-16-6-4-3-5-7-16)19(24)13-22-12-17-8-9-23-21(17)26;1-12(2)8-14(15-11-18-15)9-16(17)19-10-13-6-4-3-5-7-13;6-3-4-1-2-7-5(4)8;3-1-2(4)5/h3-7,16,18-20,27H,8-15H2,1-2H3,(H,25,30);3-7,16,18-19H,8-15H2,1-2H3,(H,25,30);3-7,15,17-19,22,24H,8-14H2,1-2H3,(H,23,26);3-7,12,14-15H,8-11H2,1-2H3;4H,1-3,6H2,(H,7,8);1H2/t18-,19+,20?;18-,19+;17-,18+,19?;14-,15?;4-;/m00010./s1. The van der Waals surface area contributed by atoms with Gasteiger partial charge >= 0.3 is 23.9 Å². The van der Waals surface area contributed by atoms with Crippen LogP contribution in [0.2, 0.25) is 0 Å². The number of aliphatic hydroxyl groups is 2. The molecular weight excluding hydrogens is 1640 g/mol. The van der Waals surface area contributed by atoms with Gasteiger partial charge in [-0.05, 0) is 127 Å². The van der Waals surface area contributed by atoms with Crippen molar-refractivity contribution in [3.8, 4) is 0 Å². The number of epoxide rings is 1. The van der Waals surface area contributed by atoms with Crippen molar-refractivity contribution < 1.29 is 91.4 Å². The van der Waals surface area contributed by atoms with Crippen molar-refractivity contribution >= 4 is 117 Å². The Bertz CT molecular complexity index is 3740. The molecule has 4 aromatic rings. The minimum Gasteiger partial charge on any atom is -0.461 e. The number of halogens is 4. The van der Waals surface area contributed by atoms with E-state index in [-0.39, 0.29) is 190 Å². The summed E-state index contributed by atoms with van der Waals surface area (Å²) in [5, 5.41) is 35.1. The second-order valence-corrected chi connectivity index (χ2v) is 33.9. The molecule has 4 aromatic carbocycles. The fourth-order valence-corrected chi connectivity index (χ4v) is 14.4. The molecule has 9 N–H and O–H groups in total. The minimum atomic E-state index is -0.927. The van der Waals surface area contributed by atoms with Crippen LogP contribution >= 0.6 is 46.4 Å². The van der Waals surface area contributed by atoms with Crippen LogP contribution in [-0.2, 0) is 108 Å². The fourth-order valence-electron chi connectivity index (χ4n) is 14.0. The summed E-state index contributed by atoms with van der Waals surface area (Å²) < 4.78 is 26.7. The van der Waals surface area contributed by atoms with Crippen molar-refractivity contribution in [3.05, 3.63) is 144 Å². The third-order valence-corrected chi connectivity index (χ3v) is 21.5. The number of nitrogens with zero attached hydrogens (tertiary/aromatic N) is 2. The normalized spacial score (nSPS) is 18.3. The molecular formula is C90H130Cl4N8O19. The van der Waals surface area contributed by atoms with Crippen LogP contribution in [0.25, 0.3) is 0 Å². The Hall–Kier alpha value is -8.12. The minimum absolute atomic E-state index is 0.0265. The van der Waals surface area contributed by atoms with Gasteiger partial charge in [-0.2, -0.15) is 0 Å². The van der Waals surface area contributed by atoms with Gasteiger partial charge in [0.25, 0.3) is 0 Å². The molecule has 0 aromatic heterocycles. The molecule has 5 aliphatic rings. The second-order valence-electron chi connectivity index (χ2n) is 32.7. The van der Waals surface area contributed by atoms with Gasteiger partial charge in [-0.15, -0.1) is 34.8 Å². The predicted molar refractivity (Wildman–Crippen MR) is 465 cm³/mol. The Labute approximate surface area is 734 Å². The lowest BCUT2D eigenvalue weighted by atomic mass is 9.89. The Morgan fingerprint density at radius 1 is 0.471 bits per heavy atom. The van der Waals surface area contributed by atoms with Crippen LogP contribution in [0.3, 0.4) is 0 Å². The lowest BCUT2D eigenvalue weighted by Crippen LogP contribution is -2.45. The number of carbonyl (C=O) groups excluding carboxylic acids is 12. The summed E-state index contributed by atoms with van der Waals surface area (Å²) in [7, 11) is 0. The molecule has 31 heteroatoms. The number of nitrogens with one attached hydrogen (secondary N) is 5. The van der Waals surface area contributed by atoms with E-state index < -0.39 is 35.2 Å². The number of ketones is 1. The molecule has 0 saturated carbocycles. The first-order valence-corrected chi connectivity index (χ1v) is 44.0. The highest BCUT2D eigenvalue weighted by atomic mass is 35.5. The molecule has 0 bridgehead atoms. The third kappa shape index (κ3) is 45.2. The largest absolute Gasteiger partial charge is 0.461 e. The summed E-state index contributed by atoms with van der Waals surface area (Å²) in [6.07, 6.45) is 5.22. The molecule has 11 atom stereocenters. The predicted octanol–water partition coefficient (Wildman–Crippen LogP) is 10.0. The molecule has 3 unspecified atom stereocenters. The number of hydrogen-bond acceptors (Lipinski definition) is 21. The van der Waals surface area contributed by atoms with E-state index in [1.165, 1.54) is 9.80 Å². The molecule has 5 fully saturated rings. The maximum absolute atomic E-state index is 13.0. The van der Waals surface area contributed by atoms with Gasteiger partial charge in [0.15, 0.2) is 5.78 Å². The van der Waals surface area contributed by atoms with E-state index in [1.807, 2.05) is 149 Å². The quantitative estimate of drug-likeness (QED) is 0.00671. The van der Waals surface area contributed by atoms with Gasteiger partial charge in [-0.25, -0.2) is 0 Å². The van der Waals surface area contributed by atoms with E-state index in [9.17, 15) is 67.7 Å². The average molecular weight is 1770 g/mol. The number of benzene rings is 4. The van der Waals surface area contributed by atoms with Gasteiger partial charge in [0, 0.05) is 71.4 Å². The zero-order valence-electron chi connectivity index (χ0n) is 71.4. The fraction of sp³-hybridized carbons (Fsp3) is 0.600. The maximum Gasteiger partial charge on any atom is 0.306 e. The first-order valence-electron chi connectivity index (χ1n) is 42.0. The SMILES string of the molecule is CC(C)C[C@H](CC(=O)OCc1ccccc1)C(=O)CN(C[C@@H]1CCNC1=O)C(=O)CCl.CC(C)C[C@H](CC(=O)OCc1ccccc1)C(O)CN(C[C@@H]1CCNC1=O)C(=O)CCl.CC(C)C[C@H](CC(=O)OCc1ccccc1)C(O)CNC[C@@H]1CCNC1=O.CC(C)C[C@H](CC(=O)OCc1ccccc1)C1CO1.NC[C@@H]1CCNC1=O.O=C(Cl)CCl. The molecule has 5 aliphatic heterocycles. The summed E-state index contributed by atoms with van der Waals surface area (Å²) >= 11 is 21.0. The number of ether oxygens (including phenoxy) is 5. The van der Waals surface area contributed by atoms with Gasteiger partial charge in [0.05, 0.1) is 86.7 Å². The van der Waals surface area contributed by atoms with Gasteiger partial charge in [-0.3, -0.25) is 57.5 Å². The van der Waals surface area contributed by atoms with Gasteiger partial charge in [-0.1, -0.05) is 177 Å². The Balaban J connectivity index is 0.000000325. The molecule has 121 heavy (non-hydrogen) atoms. The summed E-state index contributed by atoms with van der Waals surface area (Å²) in [4.78, 5) is 145. The summed E-state index contributed by atoms with van der Waals surface area (Å²) in [5.74, 6) is -2.83.